The Bertz CT molecular complexity index is 370. The minimum absolute atomic E-state index is 0.0761. The Kier molecular flexibility index (Phi) is 3.98. The highest BCUT2D eigenvalue weighted by Gasteiger charge is 2.14. The van der Waals surface area contributed by atoms with Crippen molar-refractivity contribution in [3.05, 3.63) is 29.8 Å². The third-order valence-electron chi connectivity index (χ3n) is 2.88. The molecule has 1 saturated heterocycles. The van der Waals surface area contributed by atoms with E-state index in [1.165, 1.54) is 6.42 Å². The molecule has 0 radical (unpaired) electrons. The fourth-order valence-corrected chi connectivity index (χ4v) is 1.86. The Balaban J connectivity index is 1.84. The van der Waals surface area contributed by atoms with E-state index < -0.39 is 0 Å². The van der Waals surface area contributed by atoms with E-state index in [9.17, 15) is 0 Å². The summed E-state index contributed by atoms with van der Waals surface area (Å²) in [6.07, 6.45) is 3.67. The van der Waals surface area contributed by atoms with Gasteiger partial charge in [-0.15, -0.1) is 0 Å². The first-order valence-electron chi connectivity index (χ1n) is 5.94. The van der Waals surface area contributed by atoms with E-state index >= 15 is 0 Å². The van der Waals surface area contributed by atoms with Gasteiger partial charge in [-0.25, -0.2) is 0 Å². The first kappa shape index (κ1) is 11.9. The molecule has 1 aliphatic rings. The number of nitrogens with two attached hydrogens (primary N) is 1. The second-order valence-electron chi connectivity index (χ2n) is 4.24. The van der Waals surface area contributed by atoms with Crippen molar-refractivity contribution in [2.24, 2.45) is 5.73 Å². The highest BCUT2D eigenvalue weighted by Crippen LogP contribution is 2.16. The van der Waals surface area contributed by atoms with E-state index in [2.05, 4.69) is 0 Å². The molecular weight excluding hydrogens is 216 g/mol. The van der Waals surface area contributed by atoms with Gasteiger partial charge in [0.25, 0.3) is 0 Å². The molecule has 1 fully saturated rings. The summed E-state index contributed by atoms with van der Waals surface area (Å²) in [5.41, 5.74) is 6.09. The van der Waals surface area contributed by atoms with E-state index in [1.54, 1.807) is 12.1 Å². The molecule has 4 heteroatoms. The highest BCUT2D eigenvalue weighted by molar-refractivity contribution is 5.94. The number of rotatable bonds is 4. The molecule has 1 aliphatic heterocycles. The van der Waals surface area contributed by atoms with Gasteiger partial charge in [0.1, 0.15) is 18.2 Å². The fraction of sp³-hybridized carbons (Fsp3) is 0.462. The summed E-state index contributed by atoms with van der Waals surface area (Å²) in [5.74, 6) is 0.872. The van der Waals surface area contributed by atoms with Gasteiger partial charge in [-0.05, 0) is 43.5 Å². The lowest BCUT2D eigenvalue weighted by atomic mass is 10.1. The second-order valence-corrected chi connectivity index (χ2v) is 4.24. The molecule has 1 aromatic carbocycles. The molecule has 0 amide bonds. The summed E-state index contributed by atoms with van der Waals surface area (Å²) in [5, 5.41) is 7.29. The van der Waals surface area contributed by atoms with Crippen LogP contribution in [0.1, 0.15) is 24.8 Å². The number of amidine groups is 1. The number of nitrogens with one attached hydrogen (secondary N) is 1. The molecule has 1 aromatic rings. The molecule has 0 aliphatic carbocycles. The maximum Gasteiger partial charge on any atom is 0.122 e. The van der Waals surface area contributed by atoms with Crippen LogP contribution < -0.4 is 10.5 Å². The molecular formula is C13H18N2O2. The molecule has 1 atom stereocenters. The third kappa shape index (κ3) is 3.46. The van der Waals surface area contributed by atoms with Crippen LogP contribution in [0.2, 0.25) is 0 Å². The van der Waals surface area contributed by atoms with Gasteiger partial charge in [-0.3, -0.25) is 5.41 Å². The molecule has 2 rings (SSSR count). The Morgan fingerprint density at radius 1 is 1.35 bits per heavy atom. The second kappa shape index (κ2) is 5.68. The fourth-order valence-electron chi connectivity index (χ4n) is 1.86. The average Bonchev–Trinajstić information content (AvgIpc) is 2.38. The first-order chi connectivity index (χ1) is 8.25. The predicted octanol–water partition coefficient (Wildman–Crippen LogP) is 1.92. The standard InChI is InChI=1S/C13H18N2O2/c14-13(15)10-4-6-11(7-5-10)17-9-12-3-1-2-8-16-12/h4-7,12H,1-3,8-9H2,(H3,14,15). The summed E-state index contributed by atoms with van der Waals surface area (Å²) < 4.78 is 11.2. The largest absolute Gasteiger partial charge is 0.491 e. The Hall–Kier alpha value is -1.55. The molecule has 0 saturated carbocycles. The Morgan fingerprint density at radius 2 is 2.12 bits per heavy atom. The van der Waals surface area contributed by atoms with E-state index in [1.807, 2.05) is 12.1 Å². The van der Waals surface area contributed by atoms with E-state index in [0.29, 0.717) is 12.2 Å². The molecule has 1 heterocycles. The van der Waals surface area contributed by atoms with Gasteiger partial charge in [0, 0.05) is 12.2 Å². The molecule has 3 N–H and O–H groups in total. The van der Waals surface area contributed by atoms with Crippen LogP contribution in [0.4, 0.5) is 0 Å². The van der Waals surface area contributed by atoms with Crippen molar-refractivity contribution in [1.82, 2.24) is 0 Å². The topological polar surface area (TPSA) is 68.3 Å². The first-order valence-corrected chi connectivity index (χ1v) is 5.94. The molecule has 92 valence electrons. The van der Waals surface area contributed by atoms with Crippen molar-refractivity contribution in [3.8, 4) is 5.75 Å². The zero-order valence-corrected chi connectivity index (χ0v) is 9.82. The van der Waals surface area contributed by atoms with Gasteiger partial charge >= 0.3 is 0 Å². The smallest absolute Gasteiger partial charge is 0.122 e. The number of hydrogen-bond donors (Lipinski definition) is 2. The van der Waals surface area contributed by atoms with E-state index in [0.717, 1.165) is 25.2 Å². The minimum atomic E-state index is 0.0761. The van der Waals surface area contributed by atoms with Crippen LogP contribution in [0, 0.1) is 5.41 Å². The summed E-state index contributed by atoms with van der Waals surface area (Å²) in [4.78, 5) is 0. The van der Waals surface area contributed by atoms with Crippen LogP contribution >= 0.6 is 0 Å². The van der Waals surface area contributed by atoms with E-state index in [-0.39, 0.29) is 11.9 Å². The molecule has 4 nitrogen and oxygen atoms in total. The van der Waals surface area contributed by atoms with Crippen molar-refractivity contribution in [2.75, 3.05) is 13.2 Å². The van der Waals surface area contributed by atoms with Crippen molar-refractivity contribution in [3.63, 3.8) is 0 Å². The minimum Gasteiger partial charge on any atom is -0.491 e. The normalized spacial score (nSPS) is 19.9. The van der Waals surface area contributed by atoms with Crippen LogP contribution in [0.5, 0.6) is 5.75 Å². The van der Waals surface area contributed by atoms with Crippen molar-refractivity contribution < 1.29 is 9.47 Å². The molecule has 0 bridgehead atoms. The van der Waals surface area contributed by atoms with Crippen LogP contribution in [0.3, 0.4) is 0 Å². The van der Waals surface area contributed by atoms with Crippen molar-refractivity contribution in [2.45, 2.75) is 25.4 Å². The number of ether oxygens (including phenoxy) is 2. The molecule has 1 unspecified atom stereocenters. The van der Waals surface area contributed by atoms with E-state index in [4.69, 9.17) is 20.6 Å². The molecule has 17 heavy (non-hydrogen) atoms. The molecule has 0 aromatic heterocycles. The highest BCUT2D eigenvalue weighted by atomic mass is 16.5. The summed E-state index contributed by atoms with van der Waals surface area (Å²) in [6, 6.07) is 7.25. The molecule has 0 spiro atoms. The average molecular weight is 234 g/mol. The lowest BCUT2D eigenvalue weighted by molar-refractivity contribution is -0.0110. The maximum atomic E-state index is 7.29. The Labute approximate surface area is 101 Å². The monoisotopic (exact) mass is 234 g/mol. The van der Waals surface area contributed by atoms with Gasteiger partial charge < -0.3 is 15.2 Å². The van der Waals surface area contributed by atoms with Crippen LogP contribution in [0.15, 0.2) is 24.3 Å². The summed E-state index contributed by atoms with van der Waals surface area (Å²) >= 11 is 0. The van der Waals surface area contributed by atoms with Crippen molar-refractivity contribution in [1.29, 1.82) is 5.41 Å². The lowest BCUT2D eigenvalue weighted by Crippen LogP contribution is -2.25. The lowest BCUT2D eigenvalue weighted by Gasteiger charge is -2.22. The van der Waals surface area contributed by atoms with Crippen LogP contribution in [-0.2, 0) is 4.74 Å². The predicted molar refractivity (Wildman–Crippen MR) is 66.5 cm³/mol. The van der Waals surface area contributed by atoms with Gasteiger partial charge in [-0.2, -0.15) is 0 Å². The number of hydrogen-bond acceptors (Lipinski definition) is 3. The van der Waals surface area contributed by atoms with Crippen LogP contribution in [-0.4, -0.2) is 25.2 Å². The van der Waals surface area contributed by atoms with Gasteiger partial charge in [0.05, 0.1) is 6.10 Å². The van der Waals surface area contributed by atoms with Gasteiger partial charge in [0.15, 0.2) is 0 Å². The zero-order chi connectivity index (χ0) is 12.1. The quantitative estimate of drug-likeness (QED) is 0.617. The number of nitrogen functional groups attached to an aromatic ring is 1. The maximum absolute atomic E-state index is 7.29. The van der Waals surface area contributed by atoms with Gasteiger partial charge in [0.2, 0.25) is 0 Å². The van der Waals surface area contributed by atoms with Crippen LogP contribution in [0.25, 0.3) is 0 Å². The SMILES string of the molecule is N=C(N)c1ccc(OCC2CCCCO2)cc1. The third-order valence-corrected chi connectivity index (χ3v) is 2.88. The van der Waals surface area contributed by atoms with Gasteiger partial charge in [-0.1, -0.05) is 0 Å². The van der Waals surface area contributed by atoms with Crippen molar-refractivity contribution >= 4 is 5.84 Å². The summed E-state index contributed by atoms with van der Waals surface area (Å²) in [6.45, 7) is 1.44. The zero-order valence-electron chi connectivity index (χ0n) is 9.82. The Morgan fingerprint density at radius 3 is 2.71 bits per heavy atom. The number of benzene rings is 1. The summed E-state index contributed by atoms with van der Waals surface area (Å²) in [7, 11) is 0.